The second-order valence-corrected chi connectivity index (χ2v) is 5.16. The van der Waals surface area contributed by atoms with Crippen LogP contribution in [0.5, 0.6) is 0 Å². The van der Waals surface area contributed by atoms with Crippen molar-refractivity contribution in [3.05, 3.63) is 54.4 Å². The first-order valence-corrected chi connectivity index (χ1v) is 7.08. The van der Waals surface area contributed by atoms with Crippen molar-refractivity contribution in [2.75, 3.05) is 6.61 Å². The summed E-state index contributed by atoms with van der Waals surface area (Å²) >= 11 is 0. The molecule has 0 aliphatic carbocycles. The molecule has 3 nitrogen and oxygen atoms in total. The smallest absolute Gasteiger partial charge is 0.0445 e. The Labute approximate surface area is 120 Å². The summed E-state index contributed by atoms with van der Waals surface area (Å²) in [7, 11) is 0. The number of benzene rings is 1. The van der Waals surface area contributed by atoms with Crippen LogP contribution in [0.1, 0.15) is 31.9 Å². The molecule has 0 saturated heterocycles. The van der Waals surface area contributed by atoms with E-state index in [0.717, 1.165) is 6.42 Å². The van der Waals surface area contributed by atoms with Crippen LogP contribution in [0.25, 0.3) is 11.1 Å². The van der Waals surface area contributed by atoms with Gasteiger partial charge in [-0.05, 0) is 55.2 Å². The molecular formula is C17H22N2O. The molecule has 3 heteroatoms. The zero-order chi connectivity index (χ0) is 14.4. The standard InChI is InChI=1S/C17H22N2O/c1-13(8-11-20)19-14(2)16-4-3-5-17(12-16)15-6-9-18-10-7-15/h3-7,9-10,12-14,19-20H,8,11H2,1-2H3/t13-,14?/m1/s1. The zero-order valence-corrected chi connectivity index (χ0v) is 12.1. The first kappa shape index (κ1) is 14.7. The Hall–Kier alpha value is -1.71. The average molecular weight is 270 g/mol. The fraction of sp³-hybridized carbons (Fsp3) is 0.353. The first-order valence-electron chi connectivity index (χ1n) is 7.08. The van der Waals surface area contributed by atoms with E-state index in [4.69, 9.17) is 5.11 Å². The van der Waals surface area contributed by atoms with Crippen molar-refractivity contribution in [3.63, 3.8) is 0 Å². The van der Waals surface area contributed by atoms with Gasteiger partial charge in [0.05, 0.1) is 0 Å². The van der Waals surface area contributed by atoms with Crippen LogP contribution in [-0.2, 0) is 0 Å². The lowest BCUT2D eigenvalue weighted by atomic mass is 10.0. The zero-order valence-electron chi connectivity index (χ0n) is 12.1. The molecule has 2 rings (SSSR count). The van der Waals surface area contributed by atoms with Gasteiger partial charge >= 0.3 is 0 Å². The number of hydrogen-bond donors (Lipinski definition) is 2. The summed E-state index contributed by atoms with van der Waals surface area (Å²) in [6, 6.07) is 13.1. The van der Waals surface area contributed by atoms with Gasteiger partial charge in [0.25, 0.3) is 0 Å². The molecule has 0 aliphatic heterocycles. The lowest BCUT2D eigenvalue weighted by molar-refractivity contribution is 0.264. The monoisotopic (exact) mass is 270 g/mol. The summed E-state index contributed by atoms with van der Waals surface area (Å²) in [6.07, 6.45) is 4.40. The Morgan fingerprint density at radius 2 is 1.85 bits per heavy atom. The van der Waals surface area contributed by atoms with Gasteiger partial charge in [-0.2, -0.15) is 0 Å². The summed E-state index contributed by atoms with van der Waals surface area (Å²) in [5, 5.41) is 12.5. The highest BCUT2D eigenvalue weighted by Gasteiger charge is 2.09. The molecule has 106 valence electrons. The van der Waals surface area contributed by atoms with Gasteiger partial charge in [-0.25, -0.2) is 0 Å². The quantitative estimate of drug-likeness (QED) is 0.847. The van der Waals surface area contributed by atoms with Crippen molar-refractivity contribution in [3.8, 4) is 11.1 Å². The highest BCUT2D eigenvalue weighted by molar-refractivity contribution is 5.63. The highest BCUT2D eigenvalue weighted by Crippen LogP contribution is 2.23. The van der Waals surface area contributed by atoms with E-state index in [1.165, 1.54) is 16.7 Å². The maximum atomic E-state index is 8.97. The van der Waals surface area contributed by atoms with Crippen molar-refractivity contribution < 1.29 is 5.11 Å². The van der Waals surface area contributed by atoms with E-state index in [1.807, 2.05) is 24.5 Å². The van der Waals surface area contributed by atoms with Gasteiger partial charge < -0.3 is 10.4 Å². The second kappa shape index (κ2) is 7.17. The Morgan fingerprint density at radius 3 is 2.55 bits per heavy atom. The molecule has 2 N–H and O–H groups in total. The van der Waals surface area contributed by atoms with Crippen LogP contribution in [0.15, 0.2) is 48.8 Å². The van der Waals surface area contributed by atoms with Gasteiger partial charge in [-0.3, -0.25) is 4.98 Å². The minimum absolute atomic E-state index is 0.220. The van der Waals surface area contributed by atoms with Gasteiger partial charge in [-0.1, -0.05) is 18.2 Å². The fourth-order valence-electron chi connectivity index (χ4n) is 2.33. The molecule has 0 amide bonds. The molecule has 20 heavy (non-hydrogen) atoms. The van der Waals surface area contributed by atoms with Gasteiger partial charge in [0.2, 0.25) is 0 Å². The highest BCUT2D eigenvalue weighted by atomic mass is 16.3. The summed E-state index contributed by atoms with van der Waals surface area (Å²) < 4.78 is 0. The van der Waals surface area contributed by atoms with E-state index in [9.17, 15) is 0 Å². The molecule has 0 bridgehead atoms. The number of aliphatic hydroxyl groups excluding tert-OH is 1. The van der Waals surface area contributed by atoms with Crippen LogP contribution < -0.4 is 5.32 Å². The summed E-state index contributed by atoms with van der Waals surface area (Å²) in [5.41, 5.74) is 3.63. The van der Waals surface area contributed by atoms with E-state index in [0.29, 0.717) is 6.04 Å². The molecule has 0 radical (unpaired) electrons. The second-order valence-electron chi connectivity index (χ2n) is 5.16. The minimum atomic E-state index is 0.220. The SMILES string of the molecule is CC(N[C@H](C)CCO)c1cccc(-c2ccncc2)c1. The van der Waals surface area contributed by atoms with E-state index in [2.05, 4.69) is 48.4 Å². The molecule has 1 heterocycles. The molecule has 0 fully saturated rings. The number of aliphatic hydroxyl groups is 1. The number of hydrogen-bond acceptors (Lipinski definition) is 3. The Balaban J connectivity index is 2.13. The molecule has 0 spiro atoms. The normalized spacial score (nSPS) is 13.9. The largest absolute Gasteiger partial charge is 0.396 e. The Bertz CT molecular complexity index is 528. The van der Waals surface area contributed by atoms with Crippen LogP contribution in [0.4, 0.5) is 0 Å². The lowest BCUT2D eigenvalue weighted by Crippen LogP contribution is -2.29. The fourth-order valence-corrected chi connectivity index (χ4v) is 2.33. The molecule has 1 aromatic carbocycles. The van der Waals surface area contributed by atoms with Crippen LogP contribution in [0.3, 0.4) is 0 Å². The van der Waals surface area contributed by atoms with E-state index in [-0.39, 0.29) is 12.6 Å². The lowest BCUT2D eigenvalue weighted by Gasteiger charge is -2.20. The van der Waals surface area contributed by atoms with E-state index >= 15 is 0 Å². The number of aromatic nitrogens is 1. The van der Waals surface area contributed by atoms with Gasteiger partial charge in [0.15, 0.2) is 0 Å². The Morgan fingerprint density at radius 1 is 1.10 bits per heavy atom. The molecule has 0 aliphatic rings. The summed E-state index contributed by atoms with van der Waals surface area (Å²) in [6.45, 7) is 4.47. The van der Waals surface area contributed by atoms with Gasteiger partial charge in [0, 0.05) is 31.1 Å². The minimum Gasteiger partial charge on any atom is -0.396 e. The van der Waals surface area contributed by atoms with Crippen molar-refractivity contribution in [2.24, 2.45) is 0 Å². The van der Waals surface area contributed by atoms with Crippen molar-refractivity contribution in [1.82, 2.24) is 10.3 Å². The van der Waals surface area contributed by atoms with Crippen LogP contribution >= 0.6 is 0 Å². The molecule has 2 aromatic rings. The van der Waals surface area contributed by atoms with Crippen LogP contribution in [0.2, 0.25) is 0 Å². The summed E-state index contributed by atoms with van der Waals surface area (Å²) in [4.78, 5) is 4.05. The number of rotatable bonds is 6. The molecule has 2 atom stereocenters. The third kappa shape index (κ3) is 3.89. The number of nitrogens with one attached hydrogen (secondary N) is 1. The molecule has 1 aromatic heterocycles. The topological polar surface area (TPSA) is 45.1 Å². The molecular weight excluding hydrogens is 248 g/mol. The number of nitrogens with zero attached hydrogens (tertiary/aromatic N) is 1. The predicted octanol–water partition coefficient (Wildman–Crippen LogP) is 3.17. The predicted molar refractivity (Wildman–Crippen MR) is 82.4 cm³/mol. The average Bonchev–Trinajstić information content (AvgIpc) is 2.48. The van der Waals surface area contributed by atoms with Gasteiger partial charge in [-0.15, -0.1) is 0 Å². The van der Waals surface area contributed by atoms with Crippen molar-refractivity contribution in [1.29, 1.82) is 0 Å². The summed E-state index contributed by atoms with van der Waals surface area (Å²) in [5.74, 6) is 0. The van der Waals surface area contributed by atoms with Crippen LogP contribution in [-0.4, -0.2) is 22.7 Å². The maximum Gasteiger partial charge on any atom is 0.0445 e. The molecule has 0 saturated carbocycles. The Kier molecular flexibility index (Phi) is 5.27. The van der Waals surface area contributed by atoms with Crippen molar-refractivity contribution >= 4 is 0 Å². The number of pyridine rings is 1. The van der Waals surface area contributed by atoms with Crippen LogP contribution in [0, 0.1) is 0 Å². The van der Waals surface area contributed by atoms with Crippen molar-refractivity contribution in [2.45, 2.75) is 32.4 Å². The third-order valence-electron chi connectivity index (χ3n) is 3.50. The third-order valence-corrected chi connectivity index (χ3v) is 3.50. The first-order chi connectivity index (χ1) is 9.70. The molecule has 1 unspecified atom stereocenters. The maximum absolute atomic E-state index is 8.97. The van der Waals surface area contributed by atoms with E-state index < -0.39 is 0 Å². The van der Waals surface area contributed by atoms with E-state index in [1.54, 1.807) is 0 Å². The van der Waals surface area contributed by atoms with Gasteiger partial charge in [0.1, 0.15) is 0 Å².